The zero-order valence-corrected chi connectivity index (χ0v) is 14.7. The molecule has 0 aliphatic rings. The van der Waals surface area contributed by atoms with Crippen molar-refractivity contribution in [3.63, 3.8) is 0 Å². The second-order valence-corrected chi connectivity index (χ2v) is 6.62. The quantitative estimate of drug-likeness (QED) is 0.690. The van der Waals surface area contributed by atoms with Crippen molar-refractivity contribution in [2.24, 2.45) is 0 Å². The van der Waals surface area contributed by atoms with E-state index in [2.05, 4.69) is 41.4 Å². The van der Waals surface area contributed by atoms with E-state index in [1.807, 2.05) is 37.3 Å². The van der Waals surface area contributed by atoms with Crippen LogP contribution in [0.2, 0.25) is 0 Å². The highest BCUT2D eigenvalue weighted by molar-refractivity contribution is 7.98. The Balaban J connectivity index is 1.84. The van der Waals surface area contributed by atoms with Gasteiger partial charge in [-0.15, -0.1) is 5.10 Å². The molecule has 0 amide bonds. The molecule has 1 atom stereocenters. The molecular weight excluding hydrogens is 318 g/mol. The van der Waals surface area contributed by atoms with E-state index in [1.54, 1.807) is 16.3 Å². The third-order valence-corrected chi connectivity index (χ3v) is 5.20. The van der Waals surface area contributed by atoms with Gasteiger partial charge in [-0.1, -0.05) is 73.3 Å². The standard InChI is InChI=1S/C19H21N3OS/c1-3-15-9-7-8-12-17(15)13-24-19-21-20-18(23)22(19)14(2)16-10-5-4-6-11-16/h4-12,14H,3,13H2,1-2H3,(H,20,23)/t14-/m1/s1. The molecule has 1 heterocycles. The molecule has 4 nitrogen and oxygen atoms in total. The number of nitrogens with one attached hydrogen (secondary N) is 1. The highest BCUT2D eigenvalue weighted by Gasteiger charge is 2.17. The van der Waals surface area contributed by atoms with E-state index in [4.69, 9.17) is 0 Å². The average molecular weight is 339 g/mol. The van der Waals surface area contributed by atoms with Gasteiger partial charge in [0.2, 0.25) is 0 Å². The van der Waals surface area contributed by atoms with E-state index >= 15 is 0 Å². The molecule has 2 aromatic carbocycles. The van der Waals surface area contributed by atoms with Gasteiger partial charge in [0, 0.05) is 5.75 Å². The summed E-state index contributed by atoms with van der Waals surface area (Å²) < 4.78 is 1.73. The summed E-state index contributed by atoms with van der Waals surface area (Å²) in [6.45, 7) is 4.18. The van der Waals surface area contributed by atoms with Crippen LogP contribution >= 0.6 is 11.8 Å². The van der Waals surface area contributed by atoms with Crippen LogP contribution in [0.3, 0.4) is 0 Å². The molecule has 0 bridgehead atoms. The Kier molecular flexibility index (Phi) is 5.20. The lowest BCUT2D eigenvalue weighted by molar-refractivity contribution is 0.566. The molecule has 1 N–H and O–H groups in total. The van der Waals surface area contributed by atoms with E-state index in [1.165, 1.54) is 11.1 Å². The fourth-order valence-electron chi connectivity index (χ4n) is 2.80. The fourth-order valence-corrected chi connectivity index (χ4v) is 3.86. The lowest BCUT2D eigenvalue weighted by atomic mass is 10.1. The van der Waals surface area contributed by atoms with E-state index in [9.17, 15) is 4.79 Å². The third kappa shape index (κ3) is 3.46. The summed E-state index contributed by atoms with van der Waals surface area (Å²) in [4.78, 5) is 12.2. The van der Waals surface area contributed by atoms with Gasteiger partial charge in [-0.05, 0) is 30.0 Å². The predicted octanol–water partition coefficient (Wildman–Crippen LogP) is 4.04. The molecule has 124 valence electrons. The van der Waals surface area contributed by atoms with Crippen LogP contribution in [0.5, 0.6) is 0 Å². The molecule has 0 aliphatic heterocycles. The van der Waals surface area contributed by atoms with Crippen molar-refractivity contribution in [3.05, 3.63) is 81.8 Å². The molecule has 24 heavy (non-hydrogen) atoms. The molecule has 0 aliphatic carbocycles. The van der Waals surface area contributed by atoms with Gasteiger partial charge in [0.05, 0.1) is 6.04 Å². The molecule has 0 saturated heterocycles. The number of aromatic amines is 1. The number of rotatable bonds is 6. The minimum Gasteiger partial charge on any atom is -0.263 e. The highest BCUT2D eigenvalue weighted by atomic mass is 32.2. The first kappa shape index (κ1) is 16.6. The first-order chi connectivity index (χ1) is 11.7. The zero-order chi connectivity index (χ0) is 16.9. The summed E-state index contributed by atoms with van der Waals surface area (Å²) in [5, 5.41) is 7.53. The molecule has 1 aromatic heterocycles. The average Bonchev–Trinajstić information content (AvgIpc) is 3.00. The Morgan fingerprint density at radius 2 is 1.75 bits per heavy atom. The SMILES string of the molecule is CCc1ccccc1CSc1n[nH]c(=O)n1[C@H](C)c1ccccc1. The molecule has 0 radical (unpaired) electrons. The van der Waals surface area contributed by atoms with E-state index in [-0.39, 0.29) is 11.7 Å². The molecule has 3 aromatic rings. The molecule has 0 unspecified atom stereocenters. The molecule has 0 saturated carbocycles. The summed E-state index contributed by atoms with van der Waals surface area (Å²) in [6.07, 6.45) is 1.00. The van der Waals surface area contributed by atoms with Crippen LogP contribution in [-0.2, 0) is 12.2 Å². The van der Waals surface area contributed by atoms with Crippen LogP contribution in [0.15, 0.2) is 64.5 Å². The number of hydrogen-bond acceptors (Lipinski definition) is 3. The summed E-state index contributed by atoms with van der Waals surface area (Å²) in [5.74, 6) is 0.801. The lowest BCUT2D eigenvalue weighted by Crippen LogP contribution is -2.22. The van der Waals surface area contributed by atoms with Crippen LogP contribution in [0.25, 0.3) is 0 Å². The molecule has 3 rings (SSSR count). The van der Waals surface area contributed by atoms with Crippen molar-refractivity contribution in [2.45, 2.75) is 37.2 Å². The van der Waals surface area contributed by atoms with Gasteiger partial charge < -0.3 is 0 Å². The minimum absolute atomic E-state index is 0.0543. The Morgan fingerprint density at radius 3 is 2.46 bits per heavy atom. The van der Waals surface area contributed by atoms with E-state index in [0.717, 1.165) is 22.9 Å². The Morgan fingerprint density at radius 1 is 1.08 bits per heavy atom. The molecule has 5 heteroatoms. The number of benzene rings is 2. The van der Waals surface area contributed by atoms with E-state index < -0.39 is 0 Å². The van der Waals surface area contributed by atoms with Crippen LogP contribution < -0.4 is 5.69 Å². The van der Waals surface area contributed by atoms with Gasteiger partial charge >= 0.3 is 5.69 Å². The van der Waals surface area contributed by atoms with Crippen LogP contribution in [0, 0.1) is 0 Å². The van der Waals surface area contributed by atoms with Crippen LogP contribution in [0.4, 0.5) is 0 Å². The normalized spacial score (nSPS) is 12.2. The predicted molar refractivity (Wildman–Crippen MR) is 98.5 cm³/mol. The number of aryl methyl sites for hydroxylation is 1. The maximum Gasteiger partial charge on any atom is 0.344 e. The van der Waals surface area contributed by atoms with Crippen molar-refractivity contribution < 1.29 is 0 Å². The number of hydrogen-bond donors (Lipinski definition) is 1. The highest BCUT2D eigenvalue weighted by Crippen LogP contribution is 2.26. The van der Waals surface area contributed by atoms with Gasteiger partial charge in [-0.2, -0.15) is 0 Å². The van der Waals surface area contributed by atoms with Crippen molar-refractivity contribution in [2.75, 3.05) is 0 Å². The van der Waals surface area contributed by atoms with Crippen LogP contribution in [0.1, 0.15) is 36.6 Å². The van der Waals surface area contributed by atoms with E-state index in [0.29, 0.717) is 0 Å². The summed E-state index contributed by atoms with van der Waals surface area (Å²) in [5.41, 5.74) is 3.55. The number of thioether (sulfide) groups is 1. The summed E-state index contributed by atoms with van der Waals surface area (Å²) in [6, 6.07) is 18.4. The largest absolute Gasteiger partial charge is 0.344 e. The van der Waals surface area contributed by atoms with Crippen molar-refractivity contribution >= 4 is 11.8 Å². The van der Waals surface area contributed by atoms with Crippen LogP contribution in [-0.4, -0.2) is 14.8 Å². The number of H-pyrrole nitrogens is 1. The maximum absolute atomic E-state index is 12.2. The smallest absolute Gasteiger partial charge is 0.263 e. The van der Waals surface area contributed by atoms with Gasteiger partial charge in [-0.3, -0.25) is 4.57 Å². The first-order valence-electron chi connectivity index (χ1n) is 8.12. The van der Waals surface area contributed by atoms with Crippen molar-refractivity contribution in [1.29, 1.82) is 0 Å². The summed E-state index contributed by atoms with van der Waals surface area (Å²) in [7, 11) is 0. The Labute approximate surface area is 145 Å². The zero-order valence-electron chi connectivity index (χ0n) is 13.9. The van der Waals surface area contributed by atoms with Gasteiger partial charge in [-0.25, -0.2) is 9.89 Å². The van der Waals surface area contributed by atoms with Gasteiger partial charge in [0.25, 0.3) is 0 Å². The Hall–Kier alpha value is -2.27. The minimum atomic E-state index is -0.169. The third-order valence-electron chi connectivity index (χ3n) is 4.20. The lowest BCUT2D eigenvalue weighted by Gasteiger charge is -2.15. The number of aromatic nitrogens is 3. The second-order valence-electron chi connectivity index (χ2n) is 5.68. The second kappa shape index (κ2) is 7.53. The van der Waals surface area contributed by atoms with Gasteiger partial charge in [0.1, 0.15) is 0 Å². The topological polar surface area (TPSA) is 50.7 Å². The van der Waals surface area contributed by atoms with Gasteiger partial charge in [0.15, 0.2) is 5.16 Å². The molecular formula is C19H21N3OS. The number of nitrogens with zero attached hydrogens (tertiary/aromatic N) is 2. The Bertz CT molecular complexity index is 854. The monoisotopic (exact) mass is 339 g/mol. The summed E-state index contributed by atoms with van der Waals surface area (Å²) >= 11 is 1.59. The molecule has 0 fully saturated rings. The maximum atomic E-state index is 12.2. The first-order valence-corrected chi connectivity index (χ1v) is 9.10. The fraction of sp³-hybridized carbons (Fsp3) is 0.263. The molecule has 0 spiro atoms. The van der Waals surface area contributed by atoms with Crippen molar-refractivity contribution in [1.82, 2.24) is 14.8 Å². The van der Waals surface area contributed by atoms with Crippen molar-refractivity contribution in [3.8, 4) is 0 Å².